The zero-order chi connectivity index (χ0) is 31.2. The van der Waals surface area contributed by atoms with Gasteiger partial charge in [0.2, 0.25) is 0 Å². The Morgan fingerprint density at radius 3 is 1.83 bits per heavy atom. The number of aromatic nitrogens is 3. The normalized spacial score (nSPS) is 9.88. The predicted molar refractivity (Wildman–Crippen MR) is 173 cm³/mol. The number of hydrogen-bond donors (Lipinski definition) is 3. The summed E-state index contributed by atoms with van der Waals surface area (Å²) in [6, 6.07) is 21.4. The van der Waals surface area contributed by atoms with Crippen molar-refractivity contribution in [3.05, 3.63) is 112 Å². The van der Waals surface area contributed by atoms with Gasteiger partial charge in [0.05, 0.1) is 29.4 Å². The first-order valence-electron chi connectivity index (χ1n) is 12.9. The maximum atomic E-state index is 10.5. The minimum absolute atomic E-state index is 0. The fourth-order valence-electron chi connectivity index (χ4n) is 3.79. The molecule has 0 amide bonds. The maximum Gasteiger partial charge on any atom is 0.271 e. The summed E-state index contributed by atoms with van der Waals surface area (Å²) in [5.41, 5.74) is 9.57. The molecule has 0 unspecified atom stereocenters. The summed E-state index contributed by atoms with van der Waals surface area (Å²) in [7, 11) is 2.88. The van der Waals surface area contributed by atoms with E-state index in [1.807, 2.05) is 61.4 Å². The minimum Gasteiger partial charge on any atom is -0.399 e. The molecule has 0 aliphatic heterocycles. The van der Waals surface area contributed by atoms with E-state index in [9.17, 15) is 24.6 Å². The number of aliphatic hydroxyl groups excluding tert-OH is 1. The van der Waals surface area contributed by atoms with Crippen LogP contribution in [0.3, 0.4) is 0 Å². The molecule has 0 aliphatic rings. The molecule has 0 saturated carbocycles. The lowest BCUT2D eigenvalue weighted by atomic mass is 10.2. The fraction of sp³-hybridized carbons (Fsp3) is 0.172. The third kappa shape index (κ3) is 9.20. The Balaban J connectivity index is 0.000000293. The number of fused-ring (bicyclic) bond motifs is 3. The van der Waals surface area contributed by atoms with Crippen LogP contribution in [0.1, 0.15) is 8.29 Å². The third-order valence-electron chi connectivity index (χ3n) is 5.74. The second kappa shape index (κ2) is 16.8. The van der Waals surface area contributed by atoms with Crippen LogP contribution in [0.15, 0.2) is 91.4 Å². The number of hydrogen-bond acceptors (Lipinski definition) is 6. The second-order valence-electron chi connectivity index (χ2n) is 8.49. The molecule has 6 aromatic rings. The number of aromatic amines is 1. The molecule has 3 aromatic heterocycles. The number of anilines is 1. The molecule has 0 atom stereocenters. The first-order valence-corrected chi connectivity index (χ1v) is 12.2. The van der Waals surface area contributed by atoms with Gasteiger partial charge in [-0.1, -0.05) is 14.5 Å². The van der Waals surface area contributed by atoms with Crippen molar-refractivity contribution in [2.45, 2.75) is 6.92 Å². The summed E-state index contributed by atoms with van der Waals surface area (Å²) in [5, 5.41) is 31.6. The van der Waals surface area contributed by atoms with Gasteiger partial charge in [-0.2, -0.15) is 0 Å². The number of nitrogens with zero attached hydrogens (tertiary/aromatic N) is 4. The van der Waals surface area contributed by atoms with E-state index in [2.05, 4.69) is 15.6 Å². The van der Waals surface area contributed by atoms with Crippen molar-refractivity contribution in [1.82, 2.24) is 14.1 Å². The SMILES string of the molecule is CCO.Cn1ccc2ccc(N)cc21.Cn1ccc2ccc([N+](=O)[O-])cc21.O=[N+]([O-])c1ccc2cc[nH]c2c1.[2H]CF.[BH4-]. The van der Waals surface area contributed by atoms with E-state index in [1.54, 1.807) is 31.3 Å². The first kappa shape index (κ1) is 33.0. The van der Waals surface area contributed by atoms with Crippen LogP contribution in [0.5, 0.6) is 0 Å². The van der Waals surface area contributed by atoms with E-state index >= 15 is 0 Å². The Kier molecular flexibility index (Phi) is 13.2. The molecule has 0 bridgehead atoms. The zero-order valence-electron chi connectivity index (χ0n) is 23.9. The zero-order valence-corrected chi connectivity index (χ0v) is 22.9. The van der Waals surface area contributed by atoms with Crippen LogP contribution < -0.4 is 5.73 Å². The Morgan fingerprint density at radius 2 is 1.31 bits per heavy atom. The van der Waals surface area contributed by atoms with E-state index in [4.69, 9.17) is 12.2 Å². The van der Waals surface area contributed by atoms with Crippen LogP contribution in [0.2, 0.25) is 0 Å². The van der Waals surface area contributed by atoms with Crippen molar-refractivity contribution >= 4 is 58.2 Å². The van der Waals surface area contributed by atoms with Gasteiger partial charge in [0.1, 0.15) is 0 Å². The Labute approximate surface area is 245 Å². The lowest BCUT2D eigenvalue weighted by molar-refractivity contribution is -0.384. The van der Waals surface area contributed by atoms with Crippen molar-refractivity contribution in [3.8, 4) is 0 Å². The van der Waals surface area contributed by atoms with Gasteiger partial charge in [-0.25, -0.2) is 0 Å². The smallest absolute Gasteiger partial charge is 0.271 e. The number of benzene rings is 3. The highest BCUT2D eigenvalue weighted by Gasteiger charge is 2.07. The lowest BCUT2D eigenvalue weighted by Gasteiger charge is -1.96. The summed E-state index contributed by atoms with van der Waals surface area (Å²) in [5.74, 6) is 0. The van der Waals surface area contributed by atoms with Crippen molar-refractivity contribution in [3.63, 3.8) is 0 Å². The average Bonchev–Trinajstić information content (AvgIpc) is 3.68. The Morgan fingerprint density at radius 1 is 0.857 bits per heavy atom. The number of nitrogens with one attached hydrogen (secondary N) is 1. The summed E-state index contributed by atoms with van der Waals surface area (Å²) < 4.78 is 19.4. The monoisotopic (exact) mass is 580 g/mol. The number of nitrogens with two attached hydrogens (primary N) is 1. The maximum absolute atomic E-state index is 10.5. The number of H-pyrrole nitrogens is 1. The van der Waals surface area contributed by atoms with Gasteiger partial charge in [-0.05, 0) is 60.2 Å². The molecule has 0 radical (unpaired) electrons. The molecule has 0 saturated heterocycles. The number of halogens is 1. The van der Waals surface area contributed by atoms with Crippen LogP contribution >= 0.6 is 0 Å². The van der Waals surface area contributed by atoms with E-state index in [1.165, 1.54) is 29.1 Å². The molecule has 11 nitrogen and oxygen atoms in total. The van der Waals surface area contributed by atoms with Crippen molar-refractivity contribution < 1.29 is 20.7 Å². The second-order valence-corrected chi connectivity index (χ2v) is 8.49. The largest absolute Gasteiger partial charge is 0.399 e. The topological polar surface area (TPSA) is 158 Å². The van der Waals surface area contributed by atoms with Gasteiger partial charge in [0.25, 0.3) is 11.4 Å². The van der Waals surface area contributed by atoms with E-state index in [-0.39, 0.29) is 31.3 Å². The number of aliphatic hydroxyl groups is 1. The fourth-order valence-corrected chi connectivity index (χ4v) is 3.79. The standard InChI is InChI=1S/C9H8N2O2.C9H10N2.C8H6N2O2.C2H6O.CH3F.BH4/c1-10-5-4-7-2-3-8(11(12)13)6-9(7)10;1-11-5-4-7-2-3-8(10)6-9(7)11;11-10(12)7-2-1-6-3-4-9-8(6)5-7;1-2-3;1-2;/h2-6H,1H3;2-6H,10H2,1H3;1-5,9H;3H,2H2,1H3;1H3;1H4/q;;;;;-1/i;;;;1D;. The van der Waals surface area contributed by atoms with E-state index in [0.29, 0.717) is 0 Å². The molecule has 0 spiro atoms. The molecule has 4 N–H and O–H groups in total. The third-order valence-corrected chi connectivity index (χ3v) is 5.74. The number of aryl methyl sites for hydroxylation is 2. The van der Waals surface area contributed by atoms with Gasteiger partial charge < -0.3 is 25.0 Å². The summed E-state index contributed by atoms with van der Waals surface area (Å²) in [6.07, 6.45) is 5.67. The number of alkyl halides is 1. The van der Waals surface area contributed by atoms with Crippen LogP contribution in [-0.2, 0) is 14.1 Å². The molecule has 224 valence electrons. The van der Waals surface area contributed by atoms with Gasteiger partial charge >= 0.3 is 0 Å². The van der Waals surface area contributed by atoms with Crippen LogP contribution in [-0.4, -0.2) is 51.2 Å². The number of rotatable bonds is 2. The van der Waals surface area contributed by atoms with Gasteiger partial charge in [0.15, 0.2) is 0 Å². The number of nitrogen functional groups attached to an aromatic ring is 1. The van der Waals surface area contributed by atoms with E-state index in [0.717, 1.165) is 27.5 Å². The number of nitro groups is 2. The minimum atomic E-state index is -1.00. The Hall–Kier alpha value is -5.17. The summed E-state index contributed by atoms with van der Waals surface area (Å²) >= 11 is 0. The van der Waals surface area contributed by atoms with Crippen molar-refractivity contribution in [2.75, 3.05) is 19.5 Å². The molecule has 6 rings (SSSR count). The average molecular weight is 580 g/mol. The summed E-state index contributed by atoms with van der Waals surface area (Å²) in [6.45, 7) is 1.93. The molecule has 3 heterocycles. The number of non-ortho nitro benzene ring substituents is 2. The van der Waals surface area contributed by atoms with Gasteiger partial charge in [-0.3, -0.25) is 24.6 Å². The Bertz CT molecular complexity index is 1750. The highest BCUT2D eigenvalue weighted by Crippen LogP contribution is 2.21. The molecule has 0 fully saturated rings. The molecule has 3 aromatic carbocycles. The lowest BCUT2D eigenvalue weighted by Crippen LogP contribution is -1.89. The molecular weight excluding hydrogens is 542 g/mol. The summed E-state index contributed by atoms with van der Waals surface area (Å²) in [4.78, 5) is 23.0. The highest BCUT2D eigenvalue weighted by atomic mass is 19.1. The van der Waals surface area contributed by atoms with Crippen molar-refractivity contribution in [2.24, 2.45) is 14.1 Å². The van der Waals surface area contributed by atoms with Crippen molar-refractivity contribution in [1.29, 1.82) is 0 Å². The van der Waals surface area contributed by atoms with E-state index < -0.39 is 12.1 Å². The highest BCUT2D eigenvalue weighted by molar-refractivity contribution is 5.83. The van der Waals surface area contributed by atoms with Gasteiger partial charge in [0, 0.05) is 80.1 Å². The molecule has 13 heteroatoms. The van der Waals surface area contributed by atoms with Crippen LogP contribution in [0.4, 0.5) is 21.5 Å². The molecule has 42 heavy (non-hydrogen) atoms. The predicted octanol–water partition coefficient (Wildman–Crippen LogP) is 5.06. The van der Waals surface area contributed by atoms with Crippen LogP contribution in [0.25, 0.3) is 32.7 Å². The van der Waals surface area contributed by atoms with Crippen LogP contribution in [0, 0.1) is 20.2 Å². The molecular formula is C29H37BFN6O5-. The number of nitro benzene ring substituents is 2. The first-order chi connectivity index (χ1) is 20.1. The van der Waals surface area contributed by atoms with Gasteiger partial charge in [-0.15, -0.1) is 0 Å². The quantitative estimate of drug-likeness (QED) is 0.112. The molecule has 0 aliphatic carbocycles.